The Morgan fingerprint density at radius 2 is 1.91 bits per heavy atom. The van der Waals surface area contributed by atoms with E-state index in [0.717, 1.165) is 15.6 Å². The van der Waals surface area contributed by atoms with Crippen molar-refractivity contribution in [3.63, 3.8) is 0 Å². The highest BCUT2D eigenvalue weighted by Crippen LogP contribution is 2.38. The fraction of sp³-hybridized carbons (Fsp3) is 0.120. The monoisotopic (exact) mass is 510 g/mol. The molecule has 3 aromatic rings. The Hall–Kier alpha value is -3.27. The minimum atomic E-state index is -0.513. The third-order valence-electron chi connectivity index (χ3n) is 4.57. The predicted octanol–water partition coefficient (Wildman–Crippen LogP) is 6.54. The Labute approximate surface area is 200 Å². The standard InChI is InChI=1S/C25H20BrClN2O3/c1-16-7-9-20(10-8-16)29-25(30)19(14-28)11-17-12-22(27)24(23(13-17)31-2)32-15-18-5-3-4-6-21(18)26/h3-13H,15H2,1-2H3,(H,29,30)/b19-11+. The number of nitriles is 1. The van der Waals surface area contributed by atoms with Crippen LogP contribution in [0.4, 0.5) is 5.69 Å². The minimum Gasteiger partial charge on any atom is -0.493 e. The lowest BCUT2D eigenvalue weighted by atomic mass is 10.1. The molecule has 7 heteroatoms. The fourth-order valence-electron chi connectivity index (χ4n) is 2.88. The first kappa shape index (κ1) is 23.4. The molecule has 162 valence electrons. The molecule has 3 rings (SSSR count). The number of benzene rings is 3. The van der Waals surface area contributed by atoms with E-state index in [0.29, 0.717) is 27.8 Å². The van der Waals surface area contributed by atoms with Gasteiger partial charge in [0.1, 0.15) is 18.2 Å². The highest BCUT2D eigenvalue weighted by molar-refractivity contribution is 9.10. The molecule has 0 radical (unpaired) electrons. The third kappa shape index (κ3) is 5.91. The Morgan fingerprint density at radius 1 is 1.19 bits per heavy atom. The highest BCUT2D eigenvalue weighted by atomic mass is 79.9. The van der Waals surface area contributed by atoms with E-state index in [1.54, 1.807) is 24.3 Å². The average Bonchev–Trinajstić information content (AvgIpc) is 2.78. The molecular formula is C25H20BrClN2O3. The second-order valence-corrected chi connectivity index (χ2v) is 8.17. The van der Waals surface area contributed by atoms with Crippen molar-refractivity contribution in [2.45, 2.75) is 13.5 Å². The number of carbonyl (C=O) groups excluding carboxylic acids is 1. The number of rotatable bonds is 7. The van der Waals surface area contributed by atoms with Gasteiger partial charge in [0.15, 0.2) is 11.5 Å². The van der Waals surface area contributed by atoms with Gasteiger partial charge in [-0.25, -0.2) is 0 Å². The molecule has 0 bridgehead atoms. The van der Waals surface area contributed by atoms with Crippen molar-refractivity contribution in [2.24, 2.45) is 0 Å². The molecule has 0 fully saturated rings. The average molecular weight is 512 g/mol. The summed E-state index contributed by atoms with van der Waals surface area (Å²) in [6.07, 6.45) is 1.45. The van der Waals surface area contributed by atoms with Gasteiger partial charge in [-0.05, 0) is 48.9 Å². The second kappa shape index (κ2) is 10.9. The highest BCUT2D eigenvalue weighted by Gasteiger charge is 2.15. The molecule has 0 heterocycles. The molecule has 0 spiro atoms. The summed E-state index contributed by atoms with van der Waals surface area (Å²) in [7, 11) is 1.50. The van der Waals surface area contributed by atoms with E-state index in [-0.39, 0.29) is 12.2 Å². The lowest BCUT2D eigenvalue weighted by Gasteiger charge is -2.14. The first-order chi connectivity index (χ1) is 15.4. The van der Waals surface area contributed by atoms with Crippen LogP contribution < -0.4 is 14.8 Å². The van der Waals surface area contributed by atoms with Crippen molar-refractivity contribution in [3.8, 4) is 17.6 Å². The number of hydrogen-bond acceptors (Lipinski definition) is 4. The lowest BCUT2D eigenvalue weighted by molar-refractivity contribution is -0.112. The van der Waals surface area contributed by atoms with Crippen LogP contribution in [-0.2, 0) is 11.4 Å². The molecule has 1 N–H and O–H groups in total. The van der Waals surface area contributed by atoms with Gasteiger partial charge in [0.2, 0.25) is 0 Å². The van der Waals surface area contributed by atoms with Crippen LogP contribution in [0.5, 0.6) is 11.5 Å². The summed E-state index contributed by atoms with van der Waals surface area (Å²) < 4.78 is 12.3. The van der Waals surface area contributed by atoms with Gasteiger partial charge in [0, 0.05) is 15.7 Å². The number of nitrogens with zero attached hydrogens (tertiary/aromatic N) is 1. The summed E-state index contributed by atoms with van der Waals surface area (Å²) >= 11 is 9.93. The van der Waals surface area contributed by atoms with Crippen LogP contribution in [0.3, 0.4) is 0 Å². The summed E-state index contributed by atoms with van der Waals surface area (Å²) in [4.78, 5) is 12.5. The Kier molecular flexibility index (Phi) is 7.93. The van der Waals surface area contributed by atoms with Gasteiger partial charge in [-0.15, -0.1) is 0 Å². The summed E-state index contributed by atoms with van der Waals surface area (Å²) in [5.74, 6) is 0.261. The molecule has 0 aliphatic heterocycles. The molecule has 0 aliphatic carbocycles. The van der Waals surface area contributed by atoms with Crippen LogP contribution >= 0.6 is 27.5 Å². The normalized spacial score (nSPS) is 10.9. The van der Waals surface area contributed by atoms with Gasteiger partial charge in [0.25, 0.3) is 5.91 Å². The number of halogens is 2. The minimum absolute atomic E-state index is 0.0643. The third-order valence-corrected chi connectivity index (χ3v) is 5.62. The number of methoxy groups -OCH3 is 1. The molecule has 1 amide bonds. The number of nitrogens with one attached hydrogen (secondary N) is 1. The maximum Gasteiger partial charge on any atom is 0.266 e. The lowest BCUT2D eigenvalue weighted by Crippen LogP contribution is -2.13. The van der Waals surface area contributed by atoms with Gasteiger partial charge in [-0.1, -0.05) is 63.4 Å². The van der Waals surface area contributed by atoms with E-state index in [9.17, 15) is 10.1 Å². The molecule has 0 saturated heterocycles. The zero-order valence-corrected chi connectivity index (χ0v) is 19.8. The van der Waals surface area contributed by atoms with Crippen LogP contribution in [0.25, 0.3) is 6.08 Å². The maximum atomic E-state index is 12.5. The van der Waals surface area contributed by atoms with Gasteiger partial charge in [-0.2, -0.15) is 5.26 Å². The fourth-order valence-corrected chi connectivity index (χ4v) is 3.55. The molecule has 0 atom stereocenters. The molecule has 0 aromatic heterocycles. The van der Waals surface area contributed by atoms with Crippen LogP contribution in [0.15, 0.2) is 70.7 Å². The molecule has 0 aliphatic rings. The van der Waals surface area contributed by atoms with Crippen molar-refractivity contribution in [2.75, 3.05) is 12.4 Å². The smallest absolute Gasteiger partial charge is 0.266 e. The van der Waals surface area contributed by atoms with Crippen molar-refractivity contribution in [1.29, 1.82) is 5.26 Å². The first-order valence-electron chi connectivity index (χ1n) is 9.65. The maximum absolute atomic E-state index is 12.5. The van der Waals surface area contributed by atoms with E-state index < -0.39 is 5.91 Å². The number of hydrogen-bond donors (Lipinski definition) is 1. The van der Waals surface area contributed by atoms with E-state index in [2.05, 4.69) is 21.2 Å². The van der Waals surface area contributed by atoms with Crippen molar-refractivity contribution < 1.29 is 14.3 Å². The number of ether oxygens (including phenoxy) is 2. The van der Waals surface area contributed by atoms with Crippen LogP contribution in [0, 0.1) is 18.3 Å². The molecule has 3 aromatic carbocycles. The predicted molar refractivity (Wildman–Crippen MR) is 130 cm³/mol. The van der Waals surface area contributed by atoms with Crippen LogP contribution in [0.2, 0.25) is 5.02 Å². The first-order valence-corrected chi connectivity index (χ1v) is 10.8. The zero-order valence-electron chi connectivity index (χ0n) is 17.5. The second-order valence-electron chi connectivity index (χ2n) is 6.90. The number of amides is 1. The van der Waals surface area contributed by atoms with Gasteiger partial charge in [-0.3, -0.25) is 4.79 Å². The molecular weight excluding hydrogens is 492 g/mol. The summed E-state index contributed by atoms with van der Waals surface area (Å²) in [5, 5.41) is 12.5. The molecule has 5 nitrogen and oxygen atoms in total. The van der Waals surface area contributed by atoms with E-state index in [1.165, 1.54) is 13.2 Å². The van der Waals surface area contributed by atoms with E-state index in [1.807, 2.05) is 49.4 Å². The van der Waals surface area contributed by atoms with Crippen molar-refractivity contribution in [3.05, 3.63) is 92.4 Å². The number of aryl methyl sites for hydroxylation is 1. The van der Waals surface area contributed by atoms with E-state index in [4.69, 9.17) is 21.1 Å². The zero-order chi connectivity index (χ0) is 23.1. The Morgan fingerprint density at radius 3 is 2.56 bits per heavy atom. The molecule has 0 unspecified atom stereocenters. The van der Waals surface area contributed by atoms with Crippen molar-refractivity contribution in [1.82, 2.24) is 0 Å². The van der Waals surface area contributed by atoms with E-state index >= 15 is 0 Å². The van der Waals surface area contributed by atoms with Crippen LogP contribution in [0.1, 0.15) is 16.7 Å². The molecule has 0 saturated carbocycles. The number of anilines is 1. The van der Waals surface area contributed by atoms with Gasteiger partial charge < -0.3 is 14.8 Å². The van der Waals surface area contributed by atoms with Crippen LogP contribution in [-0.4, -0.2) is 13.0 Å². The summed E-state index contributed by atoms with van der Waals surface area (Å²) in [6, 6.07) is 20.2. The molecule has 32 heavy (non-hydrogen) atoms. The van der Waals surface area contributed by atoms with Gasteiger partial charge >= 0.3 is 0 Å². The number of carbonyl (C=O) groups is 1. The largest absolute Gasteiger partial charge is 0.493 e. The quantitative estimate of drug-likeness (QED) is 0.289. The van der Waals surface area contributed by atoms with Crippen molar-refractivity contribution >= 4 is 45.2 Å². The summed E-state index contributed by atoms with van der Waals surface area (Å²) in [5.41, 5.74) is 3.10. The Bertz CT molecular complexity index is 1200. The topological polar surface area (TPSA) is 71.3 Å². The summed E-state index contributed by atoms with van der Waals surface area (Å²) in [6.45, 7) is 2.24. The SMILES string of the molecule is COc1cc(/C=C(\C#N)C(=O)Nc2ccc(C)cc2)cc(Cl)c1OCc1ccccc1Br. The Balaban J connectivity index is 1.82. The van der Waals surface area contributed by atoms with Gasteiger partial charge in [0.05, 0.1) is 12.1 Å².